The minimum absolute atomic E-state index is 0.398. The fraction of sp³-hybridized carbons (Fsp3) is 0.333. The van der Waals surface area contributed by atoms with E-state index in [-0.39, 0.29) is 0 Å². The molecule has 0 bridgehead atoms. The van der Waals surface area contributed by atoms with E-state index in [4.69, 9.17) is 0 Å². The lowest BCUT2D eigenvalue weighted by molar-refractivity contribution is -0.145. The molecule has 1 N–H and O–H groups in total. The van der Waals surface area contributed by atoms with E-state index in [2.05, 4.69) is 21.4 Å². The number of alkyl carbamates (subject to hydrolysis) is 1. The maximum atomic E-state index is 10.3. The number of carbonyl (C=O) groups is 2. The monoisotopic (exact) mass is 159 g/mol. The standard InChI is InChI=1S/C6H9NO4/c1-3-5(8)10-4-11-6(9)7-2/h3H,1,4H2,2H3,(H,7,9). The van der Waals surface area contributed by atoms with Crippen LogP contribution in [0.2, 0.25) is 0 Å². The largest absolute Gasteiger partial charge is 0.425 e. The van der Waals surface area contributed by atoms with Crippen LogP contribution in [0.25, 0.3) is 0 Å². The molecule has 62 valence electrons. The van der Waals surface area contributed by atoms with E-state index < -0.39 is 18.9 Å². The molecule has 11 heavy (non-hydrogen) atoms. The molecule has 5 nitrogen and oxygen atoms in total. The fourth-order valence-corrected chi connectivity index (χ4v) is 0.272. The second-order valence-electron chi connectivity index (χ2n) is 1.47. The molecule has 0 atom stereocenters. The van der Waals surface area contributed by atoms with Crippen molar-refractivity contribution >= 4 is 12.1 Å². The van der Waals surface area contributed by atoms with Gasteiger partial charge in [0.15, 0.2) is 0 Å². The number of carbonyl (C=O) groups excluding carboxylic acids is 2. The SMILES string of the molecule is C=CC(=O)OCOC(=O)NC. The summed E-state index contributed by atoms with van der Waals surface area (Å²) in [5, 5.41) is 2.18. The highest BCUT2D eigenvalue weighted by molar-refractivity contribution is 5.81. The van der Waals surface area contributed by atoms with E-state index in [1.54, 1.807) is 0 Å². The number of hydrogen-bond donors (Lipinski definition) is 1. The molecule has 0 heterocycles. The molecule has 0 aromatic rings. The molecule has 0 aliphatic rings. The fourth-order valence-electron chi connectivity index (χ4n) is 0.272. The van der Waals surface area contributed by atoms with E-state index in [0.29, 0.717) is 0 Å². The zero-order valence-corrected chi connectivity index (χ0v) is 6.12. The topological polar surface area (TPSA) is 64.6 Å². The summed E-state index contributed by atoms with van der Waals surface area (Å²) in [6.45, 7) is 2.75. The number of nitrogens with one attached hydrogen (secondary N) is 1. The van der Waals surface area contributed by atoms with Crippen molar-refractivity contribution in [2.75, 3.05) is 13.8 Å². The molecule has 0 rings (SSSR count). The maximum Gasteiger partial charge on any atom is 0.409 e. The average molecular weight is 159 g/mol. The smallest absolute Gasteiger partial charge is 0.409 e. The van der Waals surface area contributed by atoms with Gasteiger partial charge in [0, 0.05) is 13.1 Å². The van der Waals surface area contributed by atoms with E-state index >= 15 is 0 Å². The Bertz CT molecular complexity index is 166. The van der Waals surface area contributed by atoms with Crippen LogP contribution in [-0.2, 0) is 14.3 Å². The van der Waals surface area contributed by atoms with Crippen molar-refractivity contribution in [1.29, 1.82) is 0 Å². The Morgan fingerprint density at radius 3 is 2.64 bits per heavy atom. The Hall–Kier alpha value is -1.52. The first-order valence-corrected chi connectivity index (χ1v) is 2.84. The van der Waals surface area contributed by atoms with Crippen LogP contribution < -0.4 is 5.32 Å². The van der Waals surface area contributed by atoms with Crippen LogP contribution in [0.3, 0.4) is 0 Å². The number of ether oxygens (including phenoxy) is 2. The number of hydrogen-bond acceptors (Lipinski definition) is 4. The summed E-state index contributed by atoms with van der Waals surface area (Å²) in [4.78, 5) is 20.7. The summed E-state index contributed by atoms with van der Waals surface area (Å²) in [5.41, 5.74) is 0. The second-order valence-corrected chi connectivity index (χ2v) is 1.47. The van der Waals surface area contributed by atoms with Crippen molar-refractivity contribution in [2.45, 2.75) is 0 Å². The van der Waals surface area contributed by atoms with Crippen LogP contribution in [0.4, 0.5) is 4.79 Å². The van der Waals surface area contributed by atoms with E-state index in [1.807, 2.05) is 0 Å². The van der Waals surface area contributed by atoms with Gasteiger partial charge in [0.25, 0.3) is 0 Å². The molecule has 0 radical (unpaired) electrons. The van der Waals surface area contributed by atoms with Gasteiger partial charge in [0.1, 0.15) is 0 Å². The molecule has 0 saturated heterocycles. The molecule has 0 unspecified atom stereocenters. The minimum atomic E-state index is -0.651. The molecule has 0 aromatic heterocycles. The second kappa shape index (κ2) is 5.28. The Labute approximate surface area is 64.0 Å². The van der Waals surface area contributed by atoms with Crippen LogP contribution in [0.5, 0.6) is 0 Å². The molecule has 0 aliphatic carbocycles. The normalized spacial score (nSPS) is 8.09. The average Bonchev–Trinajstić information content (AvgIpc) is 2.04. The number of amides is 1. The van der Waals surface area contributed by atoms with Gasteiger partial charge in [-0.2, -0.15) is 0 Å². The Morgan fingerprint density at radius 1 is 1.55 bits per heavy atom. The quantitative estimate of drug-likeness (QED) is 0.358. The molecule has 0 fully saturated rings. The Morgan fingerprint density at radius 2 is 2.18 bits per heavy atom. The predicted molar refractivity (Wildman–Crippen MR) is 36.7 cm³/mol. The molecule has 0 aromatic carbocycles. The summed E-state index contributed by atoms with van der Waals surface area (Å²) in [6.07, 6.45) is 0.328. The highest BCUT2D eigenvalue weighted by atomic mass is 16.7. The van der Waals surface area contributed by atoms with Crippen LogP contribution in [0.15, 0.2) is 12.7 Å². The maximum absolute atomic E-state index is 10.3. The van der Waals surface area contributed by atoms with Crippen LogP contribution in [0.1, 0.15) is 0 Å². The molecule has 0 spiro atoms. The molecule has 5 heteroatoms. The van der Waals surface area contributed by atoms with E-state index in [9.17, 15) is 9.59 Å². The van der Waals surface area contributed by atoms with Crippen molar-refractivity contribution in [3.63, 3.8) is 0 Å². The summed E-state index contributed by atoms with van der Waals surface area (Å²) in [6, 6.07) is 0. The number of rotatable bonds is 3. The summed E-state index contributed by atoms with van der Waals surface area (Å²) < 4.78 is 8.65. The van der Waals surface area contributed by atoms with Crippen LogP contribution in [-0.4, -0.2) is 25.9 Å². The zero-order chi connectivity index (χ0) is 8.69. The van der Waals surface area contributed by atoms with Crippen molar-refractivity contribution in [3.05, 3.63) is 12.7 Å². The minimum Gasteiger partial charge on any atom is -0.425 e. The first kappa shape index (κ1) is 9.48. The van der Waals surface area contributed by atoms with Gasteiger partial charge >= 0.3 is 12.1 Å². The molecule has 0 aliphatic heterocycles. The number of esters is 1. The van der Waals surface area contributed by atoms with Gasteiger partial charge in [0.05, 0.1) is 0 Å². The molecular formula is C6H9NO4. The summed E-state index contributed by atoms with van der Waals surface area (Å²) >= 11 is 0. The van der Waals surface area contributed by atoms with E-state index in [1.165, 1.54) is 7.05 Å². The van der Waals surface area contributed by atoms with E-state index in [0.717, 1.165) is 6.08 Å². The van der Waals surface area contributed by atoms with Crippen LogP contribution >= 0.6 is 0 Å². The Balaban J connectivity index is 3.34. The summed E-state index contributed by atoms with van der Waals surface area (Å²) in [7, 11) is 1.40. The first-order chi connectivity index (χ1) is 5.20. The summed E-state index contributed by atoms with van der Waals surface area (Å²) in [5.74, 6) is -0.631. The molecule has 0 saturated carbocycles. The predicted octanol–water partition coefficient (Wildman–Crippen LogP) is 0.0291. The lowest BCUT2D eigenvalue weighted by Gasteiger charge is -2.02. The van der Waals surface area contributed by atoms with Gasteiger partial charge in [-0.15, -0.1) is 0 Å². The van der Waals surface area contributed by atoms with Gasteiger partial charge < -0.3 is 14.8 Å². The van der Waals surface area contributed by atoms with Gasteiger partial charge in [-0.05, 0) is 0 Å². The third kappa shape index (κ3) is 4.95. The van der Waals surface area contributed by atoms with Crippen LogP contribution in [0, 0.1) is 0 Å². The molecule has 1 amide bonds. The lowest BCUT2D eigenvalue weighted by Crippen LogP contribution is -2.21. The third-order valence-corrected chi connectivity index (χ3v) is 0.762. The van der Waals surface area contributed by atoms with Gasteiger partial charge in [-0.1, -0.05) is 6.58 Å². The lowest BCUT2D eigenvalue weighted by atomic mass is 10.7. The van der Waals surface area contributed by atoms with Crippen molar-refractivity contribution < 1.29 is 19.1 Å². The third-order valence-electron chi connectivity index (χ3n) is 0.762. The van der Waals surface area contributed by atoms with Gasteiger partial charge in [-0.25, -0.2) is 9.59 Å². The van der Waals surface area contributed by atoms with Crippen molar-refractivity contribution in [2.24, 2.45) is 0 Å². The van der Waals surface area contributed by atoms with Gasteiger partial charge in [-0.3, -0.25) is 0 Å². The van der Waals surface area contributed by atoms with Crippen molar-refractivity contribution in [1.82, 2.24) is 5.32 Å². The highest BCUT2D eigenvalue weighted by Gasteiger charge is 1.98. The zero-order valence-electron chi connectivity index (χ0n) is 6.12. The first-order valence-electron chi connectivity index (χ1n) is 2.84. The Kier molecular flexibility index (Phi) is 4.55. The molecular weight excluding hydrogens is 150 g/mol. The van der Waals surface area contributed by atoms with Crippen molar-refractivity contribution in [3.8, 4) is 0 Å². The van der Waals surface area contributed by atoms with Gasteiger partial charge in [0.2, 0.25) is 6.79 Å². The highest BCUT2D eigenvalue weighted by Crippen LogP contribution is 1.81.